The van der Waals surface area contributed by atoms with E-state index in [2.05, 4.69) is 5.32 Å². The third-order valence-corrected chi connectivity index (χ3v) is 2.64. The summed E-state index contributed by atoms with van der Waals surface area (Å²) in [5.41, 5.74) is 1.82. The molecule has 1 aliphatic rings. The van der Waals surface area contributed by atoms with E-state index >= 15 is 0 Å². The maximum atomic E-state index is 11.7. The Labute approximate surface area is 88.8 Å². The van der Waals surface area contributed by atoms with Crippen molar-refractivity contribution >= 4 is 17.3 Å². The molecule has 2 rings (SSSR count). The Morgan fingerprint density at radius 2 is 2.20 bits per heavy atom. The van der Waals surface area contributed by atoms with Crippen LogP contribution in [0.25, 0.3) is 0 Å². The summed E-state index contributed by atoms with van der Waals surface area (Å²) in [5.74, 6) is 0.820. The number of anilines is 2. The van der Waals surface area contributed by atoms with Gasteiger partial charge in [0.2, 0.25) is 5.91 Å². The lowest BCUT2D eigenvalue weighted by atomic mass is 10.1. The number of nitrogens with one attached hydrogen (secondary N) is 1. The fourth-order valence-corrected chi connectivity index (χ4v) is 1.74. The van der Waals surface area contributed by atoms with E-state index < -0.39 is 0 Å². The van der Waals surface area contributed by atoms with Crippen molar-refractivity contribution in [2.75, 3.05) is 24.4 Å². The van der Waals surface area contributed by atoms with Gasteiger partial charge in [0.05, 0.1) is 18.5 Å². The van der Waals surface area contributed by atoms with E-state index in [1.54, 1.807) is 19.1 Å². The predicted molar refractivity (Wildman–Crippen MR) is 59.5 cm³/mol. The number of amides is 1. The highest BCUT2D eigenvalue weighted by Crippen LogP contribution is 2.33. The van der Waals surface area contributed by atoms with Crippen LogP contribution >= 0.6 is 0 Å². The molecule has 1 amide bonds. The monoisotopic (exact) mass is 206 g/mol. The van der Waals surface area contributed by atoms with Crippen molar-refractivity contribution in [2.24, 2.45) is 0 Å². The SMILES string of the molecule is COc1ccc2c(c1)N(C)C(=O)C(C)N2. The first-order chi connectivity index (χ1) is 7.13. The molecule has 1 aromatic rings. The molecule has 15 heavy (non-hydrogen) atoms. The molecule has 1 aromatic carbocycles. The van der Waals surface area contributed by atoms with Gasteiger partial charge in [-0.1, -0.05) is 0 Å². The van der Waals surface area contributed by atoms with E-state index in [-0.39, 0.29) is 11.9 Å². The van der Waals surface area contributed by atoms with Crippen LogP contribution in [0.15, 0.2) is 18.2 Å². The molecule has 0 spiro atoms. The van der Waals surface area contributed by atoms with Gasteiger partial charge in [0, 0.05) is 13.1 Å². The zero-order valence-corrected chi connectivity index (χ0v) is 9.07. The van der Waals surface area contributed by atoms with Gasteiger partial charge in [-0.15, -0.1) is 0 Å². The molecule has 0 aromatic heterocycles. The normalized spacial score (nSPS) is 19.5. The van der Waals surface area contributed by atoms with Crippen LogP contribution in [0.5, 0.6) is 5.75 Å². The van der Waals surface area contributed by atoms with Crippen molar-refractivity contribution in [1.29, 1.82) is 0 Å². The molecule has 0 saturated carbocycles. The Morgan fingerprint density at radius 3 is 2.87 bits per heavy atom. The highest BCUT2D eigenvalue weighted by molar-refractivity contribution is 6.04. The average Bonchev–Trinajstić information content (AvgIpc) is 2.26. The van der Waals surface area contributed by atoms with Gasteiger partial charge in [-0.3, -0.25) is 4.79 Å². The number of hydrogen-bond donors (Lipinski definition) is 1. The molecule has 1 unspecified atom stereocenters. The third-order valence-electron chi connectivity index (χ3n) is 2.64. The molecule has 1 aliphatic heterocycles. The second kappa shape index (κ2) is 3.46. The second-order valence-corrected chi connectivity index (χ2v) is 3.65. The van der Waals surface area contributed by atoms with E-state index in [0.29, 0.717) is 0 Å². The summed E-state index contributed by atoms with van der Waals surface area (Å²) >= 11 is 0. The molecular formula is C11H14N2O2. The van der Waals surface area contributed by atoms with Crippen LogP contribution in [-0.2, 0) is 4.79 Å². The number of carbonyl (C=O) groups is 1. The fourth-order valence-electron chi connectivity index (χ4n) is 1.74. The molecule has 1 heterocycles. The van der Waals surface area contributed by atoms with Crippen molar-refractivity contribution < 1.29 is 9.53 Å². The number of hydrogen-bond acceptors (Lipinski definition) is 3. The van der Waals surface area contributed by atoms with Crippen LogP contribution in [0.3, 0.4) is 0 Å². The molecule has 0 radical (unpaired) electrons. The summed E-state index contributed by atoms with van der Waals surface area (Å²) < 4.78 is 5.12. The van der Waals surface area contributed by atoms with Crippen LogP contribution in [0.2, 0.25) is 0 Å². The molecule has 0 aliphatic carbocycles. The predicted octanol–water partition coefficient (Wildman–Crippen LogP) is 1.47. The molecule has 4 nitrogen and oxygen atoms in total. The Morgan fingerprint density at radius 1 is 1.47 bits per heavy atom. The number of benzene rings is 1. The van der Waals surface area contributed by atoms with Crippen molar-refractivity contribution in [3.8, 4) is 5.75 Å². The molecule has 0 saturated heterocycles. The molecule has 1 atom stereocenters. The van der Waals surface area contributed by atoms with Crippen LogP contribution in [-0.4, -0.2) is 26.1 Å². The van der Waals surface area contributed by atoms with E-state index in [4.69, 9.17) is 4.74 Å². The Bertz CT molecular complexity index is 404. The Kier molecular flexibility index (Phi) is 2.26. The minimum Gasteiger partial charge on any atom is -0.497 e. The van der Waals surface area contributed by atoms with Crippen LogP contribution in [0, 0.1) is 0 Å². The highest BCUT2D eigenvalue weighted by Gasteiger charge is 2.26. The average molecular weight is 206 g/mol. The van der Waals surface area contributed by atoms with Gasteiger partial charge in [0.15, 0.2) is 0 Å². The highest BCUT2D eigenvalue weighted by atomic mass is 16.5. The van der Waals surface area contributed by atoms with Gasteiger partial charge in [-0.2, -0.15) is 0 Å². The van der Waals surface area contributed by atoms with Crippen molar-refractivity contribution in [3.63, 3.8) is 0 Å². The van der Waals surface area contributed by atoms with Crippen molar-refractivity contribution in [1.82, 2.24) is 0 Å². The van der Waals surface area contributed by atoms with Crippen LogP contribution < -0.4 is 15.0 Å². The fraction of sp³-hybridized carbons (Fsp3) is 0.364. The van der Waals surface area contributed by atoms with Gasteiger partial charge in [0.25, 0.3) is 0 Å². The quantitative estimate of drug-likeness (QED) is 0.756. The maximum Gasteiger partial charge on any atom is 0.248 e. The Hall–Kier alpha value is -1.71. The molecule has 1 N–H and O–H groups in total. The first-order valence-corrected chi connectivity index (χ1v) is 4.85. The first-order valence-electron chi connectivity index (χ1n) is 4.85. The molecular weight excluding hydrogens is 192 g/mol. The summed E-state index contributed by atoms with van der Waals surface area (Å²) in [6.07, 6.45) is 0. The number of likely N-dealkylation sites (N-methyl/N-ethyl adjacent to an activating group) is 1. The summed E-state index contributed by atoms with van der Waals surface area (Å²) in [7, 11) is 3.39. The van der Waals surface area contributed by atoms with Gasteiger partial charge in [-0.05, 0) is 19.1 Å². The van der Waals surface area contributed by atoms with Crippen molar-refractivity contribution in [2.45, 2.75) is 13.0 Å². The van der Waals surface area contributed by atoms with Gasteiger partial charge >= 0.3 is 0 Å². The topological polar surface area (TPSA) is 41.6 Å². The lowest BCUT2D eigenvalue weighted by Crippen LogP contribution is -2.43. The van der Waals surface area contributed by atoms with E-state index in [0.717, 1.165) is 17.1 Å². The van der Waals surface area contributed by atoms with Crippen molar-refractivity contribution in [3.05, 3.63) is 18.2 Å². The summed E-state index contributed by atoms with van der Waals surface area (Å²) in [6.45, 7) is 1.85. The number of fused-ring (bicyclic) bond motifs is 1. The second-order valence-electron chi connectivity index (χ2n) is 3.65. The maximum absolute atomic E-state index is 11.7. The van der Waals surface area contributed by atoms with Crippen LogP contribution in [0.1, 0.15) is 6.92 Å². The zero-order valence-electron chi connectivity index (χ0n) is 9.07. The Balaban J connectivity index is 2.47. The van der Waals surface area contributed by atoms with Gasteiger partial charge in [0.1, 0.15) is 11.8 Å². The molecule has 0 fully saturated rings. The molecule has 80 valence electrons. The minimum atomic E-state index is -0.170. The lowest BCUT2D eigenvalue weighted by molar-refractivity contribution is -0.118. The number of rotatable bonds is 1. The summed E-state index contributed by atoms with van der Waals surface area (Å²) in [5, 5.41) is 3.14. The van der Waals surface area contributed by atoms with E-state index in [1.807, 2.05) is 25.1 Å². The third kappa shape index (κ3) is 1.52. The smallest absolute Gasteiger partial charge is 0.248 e. The minimum absolute atomic E-state index is 0.0655. The largest absolute Gasteiger partial charge is 0.497 e. The number of nitrogens with zero attached hydrogens (tertiary/aromatic N) is 1. The first kappa shape index (κ1) is 9.83. The number of carbonyl (C=O) groups excluding carboxylic acids is 1. The molecule has 0 bridgehead atoms. The van der Waals surface area contributed by atoms with Gasteiger partial charge < -0.3 is 15.0 Å². The van der Waals surface area contributed by atoms with E-state index in [9.17, 15) is 4.79 Å². The van der Waals surface area contributed by atoms with Crippen LogP contribution in [0.4, 0.5) is 11.4 Å². The number of ether oxygens (including phenoxy) is 1. The van der Waals surface area contributed by atoms with E-state index in [1.165, 1.54) is 0 Å². The lowest BCUT2D eigenvalue weighted by Gasteiger charge is -2.31. The standard InChI is InChI=1S/C11H14N2O2/c1-7-11(14)13(2)10-6-8(15-3)4-5-9(10)12-7/h4-7,12H,1-3H3. The zero-order chi connectivity index (χ0) is 11.0. The summed E-state index contributed by atoms with van der Waals surface area (Å²) in [6, 6.07) is 5.48. The van der Waals surface area contributed by atoms with Gasteiger partial charge in [-0.25, -0.2) is 0 Å². The molecule has 4 heteroatoms. The summed E-state index contributed by atoms with van der Waals surface area (Å²) in [4.78, 5) is 13.4. The number of methoxy groups -OCH3 is 1.